The molecule has 0 unspecified atom stereocenters. The van der Waals surface area contributed by atoms with Gasteiger partial charge in [0.25, 0.3) is 0 Å². The van der Waals surface area contributed by atoms with Crippen LogP contribution in [0.15, 0.2) is 30.3 Å². The highest BCUT2D eigenvalue weighted by Gasteiger charge is 2.19. The number of hydrogen-bond acceptors (Lipinski definition) is 4. The van der Waals surface area contributed by atoms with Gasteiger partial charge in [-0.3, -0.25) is 0 Å². The fraction of sp³-hybridized carbons (Fsp3) is 0.375. The number of aromatic carboxylic acids is 1. The second-order valence-corrected chi connectivity index (χ2v) is 5.27. The van der Waals surface area contributed by atoms with E-state index in [1.54, 1.807) is 6.07 Å². The monoisotopic (exact) mass is 285 g/mol. The van der Waals surface area contributed by atoms with Crippen molar-refractivity contribution in [3.8, 4) is 0 Å². The van der Waals surface area contributed by atoms with Gasteiger partial charge in [-0.15, -0.1) is 0 Å². The highest BCUT2D eigenvalue weighted by Crippen LogP contribution is 2.27. The van der Waals surface area contributed by atoms with E-state index in [0.29, 0.717) is 0 Å². The predicted molar refractivity (Wildman–Crippen MR) is 83.0 cm³/mol. The normalized spacial score (nSPS) is 16.3. The number of likely N-dealkylation sites (N-methyl/N-ethyl adjacent to an activating group) is 1. The van der Waals surface area contributed by atoms with Gasteiger partial charge in [0.2, 0.25) is 0 Å². The maximum absolute atomic E-state index is 11.3. The molecule has 1 aromatic heterocycles. The number of benzene rings is 1. The largest absolute Gasteiger partial charge is 0.477 e. The van der Waals surface area contributed by atoms with Crippen molar-refractivity contribution in [1.29, 1.82) is 0 Å². The fourth-order valence-electron chi connectivity index (χ4n) is 2.83. The van der Waals surface area contributed by atoms with Crippen molar-refractivity contribution in [3.63, 3.8) is 0 Å². The Labute approximate surface area is 123 Å². The molecule has 1 aliphatic rings. The summed E-state index contributed by atoms with van der Waals surface area (Å²) in [4.78, 5) is 20.2. The number of para-hydroxylation sites is 1. The predicted octanol–water partition coefficient (Wildman–Crippen LogP) is 2.07. The van der Waals surface area contributed by atoms with Crippen molar-refractivity contribution in [2.24, 2.45) is 0 Å². The Morgan fingerprint density at radius 2 is 1.95 bits per heavy atom. The van der Waals surface area contributed by atoms with Crippen LogP contribution in [0, 0.1) is 0 Å². The van der Waals surface area contributed by atoms with Crippen LogP contribution in [0.3, 0.4) is 0 Å². The SMILES string of the molecule is CCN1CCN(c2cc(C(=O)O)nc3ccccc23)CC1. The summed E-state index contributed by atoms with van der Waals surface area (Å²) in [7, 11) is 0. The van der Waals surface area contributed by atoms with E-state index in [0.717, 1.165) is 49.3 Å². The van der Waals surface area contributed by atoms with E-state index >= 15 is 0 Å². The van der Waals surface area contributed by atoms with Crippen molar-refractivity contribution in [2.75, 3.05) is 37.6 Å². The molecule has 1 saturated heterocycles. The number of pyridine rings is 1. The van der Waals surface area contributed by atoms with E-state index < -0.39 is 5.97 Å². The molecule has 0 atom stereocenters. The Hall–Kier alpha value is -2.14. The van der Waals surface area contributed by atoms with Crippen LogP contribution < -0.4 is 4.90 Å². The average Bonchev–Trinajstić information content (AvgIpc) is 2.54. The molecule has 1 aliphatic heterocycles. The number of carbonyl (C=O) groups is 1. The molecule has 0 aliphatic carbocycles. The molecule has 0 amide bonds. The Bertz CT molecular complexity index is 664. The molecule has 110 valence electrons. The van der Waals surface area contributed by atoms with Crippen molar-refractivity contribution >= 4 is 22.6 Å². The second-order valence-electron chi connectivity index (χ2n) is 5.27. The molecular weight excluding hydrogens is 266 g/mol. The molecule has 0 bridgehead atoms. The Kier molecular flexibility index (Phi) is 3.75. The number of carboxylic acid groups (broad SMARTS) is 1. The number of piperazine rings is 1. The van der Waals surface area contributed by atoms with Crippen LogP contribution in [-0.2, 0) is 0 Å². The fourth-order valence-corrected chi connectivity index (χ4v) is 2.83. The third kappa shape index (κ3) is 2.69. The number of carboxylic acids is 1. The minimum absolute atomic E-state index is 0.113. The Morgan fingerprint density at radius 3 is 2.62 bits per heavy atom. The van der Waals surface area contributed by atoms with E-state index in [1.807, 2.05) is 24.3 Å². The van der Waals surface area contributed by atoms with Crippen LogP contribution in [-0.4, -0.2) is 53.7 Å². The van der Waals surface area contributed by atoms with Gasteiger partial charge in [0.05, 0.1) is 5.52 Å². The maximum Gasteiger partial charge on any atom is 0.354 e. The van der Waals surface area contributed by atoms with Gasteiger partial charge in [-0.1, -0.05) is 25.1 Å². The van der Waals surface area contributed by atoms with Crippen molar-refractivity contribution < 1.29 is 9.90 Å². The quantitative estimate of drug-likeness (QED) is 0.935. The number of fused-ring (bicyclic) bond motifs is 1. The molecule has 1 fully saturated rings. The zero-order chi connectivity index (χ0) is 14.8. The van der Waals surface area contributed by atoms with Gasteiger partial charge in [0.1, 0.15) is 0 Å². The first kappa shape index (κ1) is 13.8. The summed E-state index contributed by atoms with van der Waals surface area (Å²) in [6, 6.07) is 9.44. The molecule has 2 heterocycles. The molecule has 1 N–H and O–H groups in total. The summed E-state index contributed by atoms with van der Waals surface area (Å²) in [6.07, 6.45) is 0. The van der Waals surface area contributed by atoms with Crippen LogP contribution in [0.2, 0.25) is 0 Å². The molecular formula is C16H19N3O2. The van der Waals surface area contributed by atoms with Gasteiger partial charge in [-0.05, 0) is 18.7 Å². The summed E-state index contributed by atoms with van der Waals surface area (Å²) in [5.41, 5.74) is 1.83. The molecule has 1 aromatic carbocycles. The third-order valence-corrected chi connectivity index (χ3v) is 4.07. The standard InChI is InChI=1S/C16H19N3O2/c1-2-18-7-9-19(10-8-18)15-11-14(16(20)21)17-13-6-4-3-5-12(13)15/h3-6,11H,2,7-10H2,1H3,(H,20,21). The Morgan fingerprint density at radius 1 is 1.24 bits per heavy atom. The van der Waals surface area contributed by atoms with Gasteiger partial charge in [0, 0.05) is 37.3 Å². The highest BCUT2D eigenvalue weighted by molar-refractivity contribution is 5.97. The third-order valence-electron chi connectivity index (χ3n) is 4.07. The van der Waals surface area contributed by atoms with E-state index in [1.165, 1.54) is 0 Å². The van der Waals surface area contributed by atoms with Gasteiger partial charge < -0.3 is 14.9 Å². The lowest BCUT2D eigenvalue weighted by Gasteiger charge is -2.36. The van der Waals surface area contributed by atoms with Crippen molar-refractivity contribution in [3.05, 3.63) is 36.0 Å². The van der Waals surface area contributed by atoms with E-state index in [4.69, 9.17) is 0 Å². The molecule has 21 heavy (non-hydrogen) atoms. The molecule has 5 nitrogen and oxygen atoms in total. The summed E-state index contributed by atoms with van der Waals surface area (Å²) >= 11 is 0. The summed E-state index contributed by atoms with van der Waals surface area (Å²) < 4.78 is 0. The molecule has 3 rings (SSSR count). The first-order valence-electron chi connectivity index (χ1n) is 7.29. The van der Waals surface area contributed by atoms with Crippen LogP contribution in [0.1, 0.15) is 17.4 Å². The molecule has 2 aromatic rings. The summed E-state index contributed by atoms with van der Waals surface area (Å²) in [5.74, 6) is -0.978. The number of aromatic nitrogens is 1. The summed E-state index contributed by atoms with van der Waals surface area (Å²) in [5, 5.41) is 10.3. The lowest BCUT2D eigenvalue weighted by atomic mass is 10.1. The average molecular weight is 285 g/mol. The molecule has 5 heteroatoms. The van der Waals surface area contributed by atoms with E-state index in [2.05, 4.69) is 21.7 Å². The van der Waals surface area contributed by atoms with Gasteiger partial charge >= 0.3 is 5.97 Å². The number of hydrogen-bond donors (Lipinski definition) is 1. The van der Waals surface area contributed by atoms with Crippen LogP contribution in [0.25, 0.3) is 10.9 Å². The van der Waals surface area contributed by atoms with Gasteiger partial charge in [-0.25, -0.2) is 9.78 Å². The van der Waals surface area contributed by atoms with Crippen molar-refractivity contribution in [2.45, 2.75) is 6.92 Å². The first-order valence-corrected chi connectivity index (χ1v) is 7.29. The van der Waals surface area contributed by atoms with Gasteiger partial charge in [-0.2, -0.15) is 0 Å². The lowest BCUT2D eigenvalue weighted by Crippen LogP contribution is -2.46. The Balaban J connectivity index is 2.02. The minimum Gasteiger partial charge on any atom is -0.477 e. The molecule has 0 saturated carbocycles. The topological polar surface area (TPSA) is 56.7 Å². The number of anilines is 1. The number of rotatable bonds is 3. The zero-order valence-electron chi connectivity index (χ0n) is 12.1. The van der Waals surface area contributed by atoms with Gasteiger partial charge in [0.15, 0.2) is 5.69 Å². The molecule has 0 radical (unpaired) electrons. The second kappa shape index (κ2) is 5.69. The maximum atomic E-state index is 11.3. The minimum atomic E-state index is -0.978. The molecule has 0 spiro atoms. The highest BCUT2D eigenvalue weighted by atomic mass is 16.4. The van der Waals surface area contributed by atoms with E-state index in [-0.39, 0.29) is 5.69 Å². The van der Waals surface area contributed by atoms with Crippen LogP contribution >= 0.6 is 0 Å². The summed E-state index contributed by atoms with van der Waals surface area (Å²) in [6.45, 7) is 7.08. The van der Waals surface area contributed by atoms with Crippen LogP contribution in [0.4, 0.5) is 5.69 Å². The first-order chi connectivity index (χ1) is 10.2. The smallest absolute Gasteiger partial charge is 0.354 e. The zero-order valence-corrected chi connectivity index (χ0v) is 12.1. The number of nitrogens with zero attached hydrogens (tertiary/aromatic N) is 3. The van der Waals surface area contributed by atoms with Crippen LogP contribution in [0.5, 0.6) is 0 Å². The van der Waals surface area contributed by atoms with E-state index in [9.17, 15) is 9.90 Å². The van der Waals surface area contributed by atoms with Crippen molar-refractivity contribution in [1.82, 2.24) is 9.88 Å². The lowest BCUT2D eigenvalue weighted by molar-refractivity contribution is 0.0691.